The fraction of sp³-hybridized carbons (Fsp3) is 0.842. The van der Waals surface area contributed by atoms with Gasteiger partial charge < -0.3 is 11.5 Å². The number of guanidine groups is 1. The van der Waals surface area contributed by atoms with Crippen LogP contribution in [0.15, 0.2) is 17.1 Å². The van der Waals surface area contributed by atoms with E-state index in [1.54, 1.807) is 0 Å². The van der Waals surface area contributed by atoms with Gasteiger partial charge in [0.25, 0.3) is 0 Å². The molecule has 138 valence electrons. The fourth-order valence-corrected chi connectivity index (χ4v) is 2.57. The highest BCUT2D eigenvalue weighted by Crippen LogP contribution is 2.09. The molecule has 0 aromatic carbocycles. The zero-order valence-corrected chi connectivity index (χ0v) is 16.1. The predicted octanol–water partition coefficient (Wildman–Crippen LogP) is 5.72. The van der Waals surface area contributed by atoms with Crippen LogP contribution in [0.3, 0.4) is 0 Å². The van der Waals surface area contributed by atoms with Gasteiger partial charge in [0.05, 0.1) is 0 Å². The van der Waals surface area contributed by atoms with Gasteiger partial charge >= 0.3 is 0 Å². The van der Waals surface area contributed by atoms with Gasteiger partial charge in [0.1, 0.15) is 0 Å². The second-order valence-electron chi connectivity index (χ2n) is 6.24. The fourth-order valence-electron chi connectivity index (χ4n) is 2.57. The highest BCUT2D eigenvalue weighted by molar-refractivity contribution is 5.85. The van der Waals surface area contributed by atoms with E-state index in [2.05, 4.69) is 24.1 Å². The molecule has 4 N–H and O–H groups in total. The summed E-state index contributed by atoms with van der Waals surface area (Å²) in [6.45, 7) is 3.05. The Kier molecular flexibility index (Phi) is 22.7. The Balaban J connectivity index is 0. The van der Waals surface area contributed by atoms with E-state index >= 15 is 0 Å². The van der Waals surface area contributed by atoms with Crippen LogP contribution in [0.2, 0.25) is 0 Å². The van der Waals surface area contributed by atoms with Crippen molar-refractivity contribution < 1.29 is 0 Å². The van der Waals surface area contributed by atoms with Crippen LogP contribution in [0.1, 0.15) is 96.8 Å². The maximum Gasteiger partial charge on any atom is 0.185 e. The molecule has 0 spiro atoms. The van der Waals surface area contributed by atoms with Crippen molar-refractivity contribution in [2.45, 2.75) is 96.8 Å². The normalized spacial score (nSPS) is 10.7. The van der Waals surface area contributed by atoms with Gasteiger partial charge in [-0.25, -0.2) is 0 Å². The van der Waals surface area contributed by atoms with Gasteiger partial charge in [-0.2, -0.15) is 0 Å². The summed E-state index contributed by atoms with van der Waals surface area (Å²) < 4.78 is 0. The van der Waals surface area contributed by atoms with E-state index in [0.29, 0.717) is 0 Å². The molecule has 0 aromatic rings. The average Bonchev–Trinajstić information content (AvgIpc) is 2.50. The van der Waals surface area contributed by atoms with Crippen molar-refractivity contribution in [2.75, 3.05) is 6.54 Å². The lowest BCUT2D eigenvalue weighted by atomic mass is 10.1. The number of hydrogen-bond donors (Lipinski definition) is 2. The molecule has 0 saturated carbocycles. The molecule has 0 aliphatic heterocycles. The van der Waals surface area contributed by atoms with E-state index in [4.69, 9.17) is 11.5 Å². The molecule has 0 atom stereocenters. The van der Waals surface area contributed by atoms with Gasteiger partial charge in [0.15, 0.2) is 5.96 Å². The lowest BCUT2D eigenvalue weighted by Crippen LogP contribution is -2.22. The number of nitrogens with zero attached hydrogens (tertiary/aromatic N) is 1. The Morgan fingerprint density at radius 3 is 1.61 bits per heavy atom. The van der Waals surface area contributed by atoms with E-state index in [9.17, 15) is 0 Å². The van der Waals surface area contributed by atoms with Gasteiger partial charge in [0, 0.05) is 6.54 Å². The quantitative estimate of drug-likeness (QED) is 0.162. The van der Waals surface area contributed by atoms with Crippen molar-refractivity contribution in [2.24, 2.45) is 16.5 Å². The number of unbranched alkanes of at least 4 members (excludes halogenated alkanes) is 12. The second kappa shape index (κ2) is 21.3. The molecular weight excluding hydrogens is 306 g/mol. The smallest absolute Gasteiger partial charge is 0.185 e. The van der Waals surface area contributed by atoms with Crippen molar-refractivity contribution >= 4 is 18.4 Å². The van der Waals surface area contributed by atoms with Gasteiger partial charge in [-0.15, -0.1) is 12.4 Å². The molecule has 0 radical (unpaired) electrons. The van der Waals surface area contributed by atoms with E-state index < -0.39 is 0 Å². The van der Waals surface area contributed by atoms with E-state index in [1.807, 2.05) is 0 Å². The zero-order valence-electron chi connectivity index (χ0n) is 15.3. The van der Waals surface area contributed by atoms with E-state index in [0.717, 1.165) is 13.0 Å². The van der Waals surface area contributed by atoms with E-state index in [1.165, 1.54) is 83.5 Å². The lowest BCUT2D eigenvalue weighted by molar-refractivity contribution is 0.599. The lowest BCUT2D eigenvalue weighted by Gasteiger charge is -2.00. The van der Waals surface area contributed by atoms with Crippen LogP contribution in [0.5, 0.6) is 0 Å². The third-order valence-corrected chi connectivity index (χ3v) is 3.96. The first kappa shape index (κ1) is 24.6. The number of allylic oxidation sites excluding steroid dienone is 2. The van der Waals surface area contributed by atoms with Crippen molar-refractivity contribution in [3.8, 4) is 0 Å². The van der Waals surface area contributed by atoms with Crippen LogP contribution in [0.4, 0.5) is 0 Å². The van der Waals surface area contributed by atoms with Crippen molar-refractivity contribution in [1.82, 2.24) is 0 Å². The minimum Gasteiger partial charge on any atom is -0.370 e. The molecule has 3 nitrogen and oxygen atoms in total. The molecule has 4 heteroatoms. The molecule has 0 amide bonds. The van der Waals surface area contributed by atoms with Crippen LogP contribution >= 0.6 is 12.4 Å². The Morgan fingerprint density at radius 2 is 1.13 bits per heavy atom. The third-order valence-electron chi connectivity index (χ3n) is 3.96. The maximum atomic E-state index is 5.28. The largest absolute Gasteiger partial charge is 0.370 e. The van der Waals surface area contributed by atoms with Gasteiger partial charge in [-0.1, -0.05) is 76.9 Å². The molecular formula is C19H40ClN3. The predicted molar refractivity (Wildman–Crippen MR) is 107 cm³/mol. The molecule has 23 heavy (non-hydrogen) atoms. The molecule has 0 unspecified atom stereocenters. The first-order chi connectivity index (χ1) is 10.8. The van der Waals surface area contributed by atoms with Crippen LogP contribution in [0.25, 0.3) is 0 Å². The summed E-state index contributed by atoms with van der Waals surface area (Å²) in [4.78, 5) is 3.99. The monoisotopic (exact) mass is 345 g/mol. The summed E-state index contributed by atoms with van der Waals surface area (Å²) in [5, 5.41) is 0. The van der Waals surface area contributed by atoms with Gasteiger partial charge in [-0.05, 0) is 32.1 Å². The number of hydrogen-bond acceptors (Lipinski definition) is 1. The molecule has 0 saturated heterocycles. The Labute approximate surface area is 150 Å². The van der Waals surface area contributed by atoms with Crippen LogP contribution in [-0.4, -0.2) is 12.5 Å². The minimum absolute atomic E-state index is 0. The van der Waals surface area contributed by atoms with Crippen molar-refractivity contribution in [1.29, 1.82) is 0 Å². The van der Waals surface area contributed by atoms with Gasteiger partial charge in [0.2, 0.25) is 0 Å². The maximum absolute atomic E-state index is 5.28. The standard InChI is InChI=1S/C19H39N3.ClH/c1-2-3-4-5-6-7-8-9-10-11-12-13-14-15-16-17-18-22-19(20)21;/h9-10H,2-8,11-18H2,1H3,(H4,20,21,22);1H/b10-9+;. The zero-order chi connectivity index (χ0) is 16.3. The minimum atomic E-state index is 0. The molecule has 0 aliphatic carbocycles. The third kappa shape index (κ3) is 23.7. The summed E-state index contributed by atoms with van der Waals surface area (Å²) in [7, 11) is 0. The number of nitrogens with two attached hydrogens (primary N) is 2. The summed E-state index contributed by atoms with van der Waals surface area (Å²) in [6, 6.07) is 0. The van der Waals surface area contributed by atoms with Gasteiger partial charge in [-0.3, -0.25) is 4.99 Å². The van der Waals surface area contributed by atoms with Crippen molar-refractivity contribution in [3.05, 3.63) is 12.2 Å². The summed E-state index contributed by atoms with van der Waals surface area (Å²) >= 11 is 0. The molecule has 0 heterocycles. The van der Waals surface area contributed by atoms with Crippen molar-refractivity contribution in [3.63, 3.8) is 0 Å². The molecule has 0 aliphatic rings. The molecule has 0 fully saturated rings. The van der Waals surface area contributed by atoms with Crippen LogP contribution in [0, 0.1) is 0 Å². The number of aliphatic imine (C=N–C) groups is 1. The molecule has 0 aromatic heterocycles. The van der Waals surface area contributed by atoms with Crippen LogP contribution < -0.4 is 11.5 Å². The van der Waals surface area contributed by atoms with Crippen LogP contribution in [-0.2, 0) is 0 Å². The first-order valence-corrected chi connectivity index (χ1v) is 9.47. The number of halogens is 1. The summed E-state index contributed by atoms with van der Waals surface area (Å²) in [5.74, 6) is 0.216. The topological polar surface area (TPSA) is 64.4 Å². The summed E-state index contributed by atoms with van der Waals surface area (Å²) in [6.07, 6.45) is 23.3. The highest BCUT2D eigenvalue weighted by atomic mass is 35.5. The first-order valence-electron chi connectivity index (χ1n) is 9.47. The SMILES string of the molecule is CCCCCCCC/C=C/CCCCCCCCN=C(N)N.Cl. The average molecular weight is 346 g/mol. The Morgan fingerprint density at radius 1 is 0.696 bits per heavy atom. The van der Waals surface area contributed by atoms with E-state index in [-0.39, 0.29) is 18.4 Å². The highest BCUT2D eigenvalue weighted by Gasteiger charge is 1.91. The number of rotatable bonds is 16. The Bertz CT molecular complexity index is 274. The Hall–Kier alpha value is -0.700. The molecule has 0 rings (SSSR count). The second-order valence-corrected chi connectivity index (χ2v) is 6.24. The summed E-state index contributed by atoms with van der Waals surface area (Å²) in [5.41, 5.74) is 10.6. The molecule has 0 bridgehead atoms.